The van der Waals surface area contributed by atoms with Gasteiger partial charge in [-0.3, -0.25) is 4.79 Å². The average Bonchev–Trinajstić information content (AvgIpc) is 2.32. The second-order valence-electron chi connectivity index (χ2n) is 2.91. The number of benzene rings is 1. The summed E-state index contributed by atoms with van der Waals surface area (Å²) in [7, 11) is 0. The highest BCUT2D eigenvalue weighted by Crippen LogP contribution is 2.04. The third-order valence-electron chi connectivity index (χ3n) is 1.96. The van der Waals surface area contributed by atoms with Crippen molar-refractivity contribution in [3.05, 3.63) is 35.4 Å². The van der Waals surface area contributed by atoms with Crippen molar-refractivity contribution in [2.45, 2.75) is 34.1 Å². The molecule has 0 aliphatic carbocycles. The van der Waals surface area contributed by atoms with Crippen molar-refractivity contribution in [3.8, 4) is 0 Å². The van der Waals surface area contributed by atoms with Crippen LogP contribution in [-0.2, 0) is 6.42 Å². The molecule has 0 aliphatic rings. The van der Waals surface area contributed by atoms with Crippen LogP contribution in [-0.4, -0.2) is 12.5 Å². The number of nitrogens with one attached hydrogen (secondary N) is 1. The minimum atomic E-state index is 0.00477. The largest absolute Gasteiger partial charge is 0.352 e. The molecule has 2 heteroatoms. The number of hydrogen-bond donors (Lipinski definition) is 1. The molecule has 1 aromatic rings. The topological polar surface area (TPSA) is 29.1 Å². The monoisotopic (exact) mass is 207 g/mol. The molecular formula is C13H21NO. The Morgan fingerprint density at radius 2 is 1.67 bits per heavy atom. The van der Waals surface area contributed by atoms with Crippen LogP contribution in [0.25, 0.3) is 0 Å². The summed E-state index contributed by atoms with van der Waals surface area (Å²) in [4.78, 5) is 11.3. The Morgan fingerprint density at radius 3 is 2.07 bits per heavy atom. The molecule has 0 heterocycles. The highest BCUT2D eigenvalue weighted by atomic mass is 16.1. The van der Waals surface area contributed by atoms with Gasteiger partial charge in [0.05, 0.1) is 0 Å². The predicted octanol–water partition coefficient (Wildman–Crippen LogP) is 3.02. The van der Waals surface area contributed by atoms with E-state index in [4.69, 9.17) is 0 Å². The molecule has 0 aromatic heterocycles. The molecule has 0 aliphatic heterocycles. The average molecular weight is 207 g/mol. The van der Waals surface area contributed by atoms with Crippen LogP contribution in [0.1, 0.15) is 43.6 Å². The molecule has 0 saturated carbocycles. The highest BCUT2D eigenvalue weighted by molar-refractivity contribution is 5.94. The van der Waals surface area contributed by atoms with Gasteiger partial charge in [-0.05, 0) is 31.0 Å². The molecule has 0 spiro atoms. The Bertz CT molecular complexity index is 277. The van der Waals surface area contributed by atoms with Gasteiger partial charge in [-0.1, -0.05) is 32.9 Å². The first-order valence-corrected chi connectivity index (χ1v) is 5.65. The zero-order chi connectivity index (χ0) is 11.7. The summed E-state index contributed by atoms with van der Waals surface area (Å²) >= 11 is 0. The minimum absolute atomic E-state index is 0.00477. The van der Waals surface area contributed by atoms with Crippen LogP contribution in [0.15, 0.2) is 24.3 Å². The zero-order valence-electron chi connectivity index (χ0n) is 10.1. The Balaban J connectivity index is 0.000000921. The normalized spacial score (nSPS) is 8.80. The lowest BCUT2D eigenvalue weighted by atomic mass is 10.1. The molecule has 1 rings (SSSR count). The van der Waals surface area contributed by atoms with Gasteiger partial charge in [-0.25, -0.2) is 0 Å². The fourth-order valence-corrected chi connectivity index (χ4v) is 1.15. The van der Waals surface area contributed by atoms with Crippen LogP contribution in [0, 0.1) is 0 Å². The van der Waals surface area contributed by atoms with E-state index < -0.39 is 0 Å². The lowest BCUT2D eigenvalue weighted by Crippen LogP contribution is -2.22. The van der Waals surface area contributed by atoms with Gasteiger partial charge in [0.1, 0.15) is 0 Å². The van der Waals surface area contributed by atoms with E-state index in [1.54, 1.807) is 0 Å². The molecule has 0 saturated heterocycles. The maximum absolute atomic E-state index is 11.3. The molecule has 0 bridgehead atoms. The number of rotatable bonds is 3. The van der Waals surface area contributed by atoms with Gasteiger partial charge in [0.25, 0.3) is 5.91 Å². The third-order valence-corrected chi connectivity index (χ3v) is 1.96. The lowest BCUT2D eigenvalue weighted by Gasteiger charge is -2.02. The van der Waals surface area contributed by atoms with E-state index in [2.05, 4.69) is 12.2 Å². The number of carbonyl (C=O) groups excluding carboxylic acids is 1. The van der Waals surface area contributed by atoms with Crippen molar-refractivity contribution in [1.29, 1.82) is 0 Å². The van der Waals surface area contributed by atoms with Gasteiger partial charge in [-0.2, -0.15) is 0 Å². The second-order valence-corrected chi connectivity index (χ2v) is 2.91. The third kappa shape index (κ3) is 4.63. The Hall–Kier alpha value is -1.31. The molecule has 1 amide bonds. The van der Waals surface area contributed by atoms with Gasteiger partial charge >= 0.3 is 0 Å². The van der Waals surface area contributed by atoms with E-state index >= 15 is 0 Å². The number of amides is 1. The van der Waals surface area contributed by atoms with Gasteiger partial charge < -0.3 is 5.32 Å². The predicted molar refractivity (Wildman–Crippen MR) is 65.2 cm³/mol. The van der Waals surface area contributed by atoms with E-state index in [0.29, 0.717) is 6.54 Å². The molecular weight excluding hydrogens is 186 g/mol. The van der Waals surface area contributed by atoms with Crippen molar-refractivity contribution in [2.24, 2.45) is 0 Å². The molecule has 0 fully saturated rings. The van der Waals surface area contributed by atoms with Gasteiger partial charge in [0, 0.05) is 12.1 Å². The first-order valence-electron chi connectivity index (χ1n) is 5.65. The van der Waals surface area contributed by atoms with Crippen LogP contribution in [0.3, 0.4) is 0 Å². The van der Waals surface area contributed by atoms with E-state index in [9.17, 15) is 4.79 Å². The lowest BCUT2D eigenvalue weighted by molar-refractivity contribution is 0.0956. The summed E-state index contributed by atoms with van der Waals surface area (Å²) in [5, 5.41) is 2.76. The Kier molecular flexibility index (Phi) is 7.33. The van der Waals surface area contributed by atoms with E-state index in [1.807, 2.05) is 45.0 Å². The second kappa shape index (κ2) is 8.04. The summed E-state index contributed by atoms with van der Waals surface area (Å²) in [6, 6.07) is 7.71. The Labute approximate surface area is 92.7 Å². The smallest absolute Gasteiger partial charge is 0.251 e. The van der Waals surface area contributed by atoms with E-state index in [0.717, 1.165) is 12.0 Å². The highest BCUT2D eigenvalue weighted by Gasteiger charge is 2.01. The fraction of sp³-hybridized carbons (Fsp3) is 0.462. The van der Waals surface area contributed by atoms with Crippen molar-refractivity contribution in [1.82, 2.24) is 5.32 Å². The van der Waals surface area contributed by atoms with Gasteiger partial charge in [0.15, 0.2) is 0 Å². The molecule has 0 unspecified atom stereocenters. The summed E-state index contributed by atoms with van der Waals surface area (Å²) < 4.78 is 0. The molecule has 2 nitrogen and oxygen atoms in total. The quantitative estimate of drug-likeness (QED) is 0.811. The first-order chi connectivity index (χ1) is 7.27. The van der Waals surface area contributed by atoms with Crippen LogP contribution in [0.4, 0.5) is 0 Å². The molecule has 1 N–H and O–H groups in total. The summed E-state index contributed by atoms with van der Waals surface area (Å²) in [5.41, 5.74) is 1.99. The summed E-state index contributed by atoms with van der Waals surface area (Å²) in [6.45, 7) is 8.69. The maximum Gasteiger partial charge on any atom is 0.251 e. The maximum atomic E-state index is 11.3. The standard InChI is InChI=1S/C11H15NO.C2H6/c1-3-9-5-7-10(8-6-9)11(13)12-4-2;1-2/h5-8H,3-4H2,1-2H3,(H,12,13);1-2H3. The molecule has 15 heavy (non-hydrogen) atoms. The number of carbonyl (C=O) groups is 1. The van der Waals surface area contributed by atoms with Crippen molar-refractivity contribution >= 4 is 5.91 Å². The zero-order valence-corrected chi connectivity index (χ0v) is 10.1. The van der Waals surface area contributed by atoms with Crippen molar-refractivity contribution in [2.75, 3.05) is 6.54 Å². The van der Waals surface area contributed by atoms with E-state index in [1.165, 1.54) is 5.56 Å². The van der Waals surface area contributed by atoms with Crippen LogP contribution < -0.4 is 5.32 Å². The minimum Gasteiger partial charge on any atom is -0.352 e. The number of hydrogen-bond acceptors (Lipinski definition) is 1. The van der Waals surface area contributed by atoms with Crippen molar-refractivity contribution < 1.29 is 4.79 Å². The summed E-state index contributed by atoms with van der Waals surface area (Å²) in [5.74, 6) is 0.00477. The van der Waals surface area contributed by atoms with Gasteiger partial charge in [-0.15, -0.1) is 0 Å². The first kappa shape index (κ1) is 13.7. The molecule has 0 atom stereocenters. The number of aryl methyl sites for hydroxylation is 1. The van der Waals surface area contributed by atoms with Crippen LogP contribution in [0.2, 0.25) is 0 Å². The summed E-state index contributed by atoms with van der Waals surface area (Å²) in [6.07, 6.45) is 1.01. The van der Waals surface area contributed by atoms with Crippen LogP contribution in [0.5, 0.6) is 0 Å². The molecule has 0 radical (unpaired) electrons. The molecule has 1 aromatic carbocycles. The SMILES string of the molecule is CC.CCNC(=O)c1ccc(CC)cc1. The van der Waals surface area contributed by atoms with Crippen LogP contribution >= 0.6 is 0 Å². The molecule has 84 valence electrons. The Morgan fingerprint density at radius 1 is 1.13 bits per heavy atom. The van der Waals surface area contributed by atoms with Crippen molar-refractivity contribution in [3.63, 3.8) is 0 Å². The fourth-order valence-electron chi connectivity index (χ4n) is 1.15. The van der Waals surface area contributed by atoms with E-state index in [-0.39, 0.29) is 5.91 Å². The van der Waals surface area contributed by atoms with Gasteiger partial charge in [0.2, 0.25) is 0 Å².